The molecule has 1 fully saturated rings. The summed E-state index contributed by atoms with van der Waals surface area (Å²) in [5, 5.41) is 9.62. The number of thioether (sulfide) groups is 1. The predicted molar refractivity (Wildman–Crippen MR) is 75.5 cm³/mol. The Morgan fingerprint density at radius 1 is 1.38 bits per heavy atom. The zero-order valence-electron chi connectivity index (χ0n) is 11.0. The lowest BCUT2D eigenvalue weighted by Crippen LogP contribution is -2.29. The van der Waals surface area contributed by atoms with Gasteiger partial charge in [0, 0.05) is 35.8 Å². The van der Waals surface area contributed by atoms with Crippen molar-refractivity contribution >= 4 is 29.4 Å². The fourth-order valence-corrected chi connectivity index (χ4v) is 3.78. The van der Waals surface area contributed by atoms with Crippen molar-refractivity contribution < 1.29 is 19.5 Å². The number of hydrogen-bond donors (Lipinski definition) is 1. The first kappa shape index (κ1) is 13.8. The molecule has 21 heavy (non-hydrogen) atoms. The predicted octanol–water partition coefficient (Wildman–Crippen LogP) is 1.16. The van der Waals surface area contributed by atoms with Gasteiger partial charge in [-0.3, -0.25) is 19.4 Å². The van der Waals surface area contributed by atoms with E-state index in [9.17, 15) is 14.4 Å². The molecule has 1 saturated heterocycles. The molecule has 1 aromatic heterocycles. The van der Waals surface area contributed by atoms with Gasteiger partial charge in [-0.1, -0.05) is 0 Å². The molecule has 3 heterocycles. The molecular weight excluding hydrogens is 292 g/mol. The molecule has 1 aromatic rings. The number of Topliss-reactive ketones (excluding diaryl/α,β-unsaturated/α-hetero) is 1. The molecule has 0 aliphatic carbocycles. The Balaban J connectivity index is 2.03. The second-order valence-corrected chi connectivity index (χ2v) is 5.86. The lowest BCUT2D eigenvalue weighted by atomic mass is 9.92. The van der Waals surface area contributed by atoms with E-state index in [4.69, 9.17) is 5.11 Å². The molecule has 1 amide bonds. The third-order valence-corrected chi connectivity index (χ3v) is 4.61. The smallest absolute Gasteiger partial charge is 0.304 e. The van der Waals surface area contributed by atoms with Crippen LogP contribution in [-0.2, 0) is 9.59 Å². The first-order chi connectivity index (χ1) is 10.1. The van der Waals surface area contributed by atoms with Crippen molar-refractivity contribution in [3.63, 3.8) is 0 Å². The van der Waals surface area contributed by atoms with Gasteiger partial charge >= 0.3 is 5.97 Å². The minimum Gasteiger partial charge on any atom is -0.481 e. The van der Waals surface area contributed by atoms with E-state index < -0.39 is 11.9 Å². The molecule has 108 valence electrons. The van der Waals surface area contributed by atoms with Crippen molar-refractivity contribution in [1.29, 1.82) is 0 Å². The summed E-state index contributed by atoms with van der Waals surface area (Å²) in [6, 6.07) is 3.14. The topological polar surface area (TPSA) is 87.6 Å². The van der Waals surface area contributed by atoms with Gasteiger partial charge < -0.3 is 10.0 Å². The summed E-state index contributed by atoms with van der Waals surface area (Å²) in [5.41, 5.74) is 0.737. The van der Waals surface area contributed by atoms with Gasteiger partial charge in [0.2, 0.25) is 5.91 Å². The van der Waals surface area contributed by atoms with Crippen LogP contribution in [0.1, 0.15) is 16.8 Å². The zero-order chi connectivity index (χ0) is 15.0. The summed E-state index contributed by atoms with van der Waals surface area (Å²) in [6.45, 7) is 0.530. The summed E-state index contributed by atoms with van der Waals surface area (Å²) in [6.07, 6.45) is 2.65. The number of pyridine rings is 1. The van der Waals surface area contributed by atoms with Gasteiger partial charge in [0.05, 0.1) is 17.4 Å². The fourth-order valence-electron chi connectivity index (χ4n) is 2.59. The quantitative estimate of drug-likeness (QED) is 0.840. The Hall–Kier alpha value is -2.15. The number of carboxylic acid groups (broad SMARTS) is 1. The SMILES string of the molecule is O=C(O)CC1C(=O)N2CCSC2=C1C(=O)c1ccncc1. The molecule has 1 atom stereocenters. The number of carbonyl (C=O) groups is 3. The maximum absolute atomic E-state index is 12.7. The maximum atomic E-state index is 12.7. The monoisotopic (exact) mass is 304 g/mol. The van der Waals surface area contributed by atoms with Gasteiger partial charge in [-0.25, -0.2) is 0 Å². The van der Waals surface area contributed by atoms with Gasteiger partial charge in [-0.05, 0) is 12.1 Å². The number of carboxylic acids is 1. The summed E-state index contributed by atoms with van der Waals surface area (Å²) in [4.78, 5) is 41.4. The first-order valence-electron chi connectivity index (χ1n) is 6.44. The molecule has 2 aliphatic rings. The van der Waals surface area contributed by atoms with E-state index >= 15 is 0 Å². The number of carbonyl (C=O) groups excluding carboxylic acids is 2. The number of amides is 1. The van der Waals surface area contributed by atoms with E-state index in [-0.39, 0.29) is 18.1 Å². The van der Waals surface area contributed by atoms with Crippen LogP contribution in [0.3, 0.4) is 0 Å². The van der Waals surface area contributed by atoms with Crippen LogP contribution in [0.5, 0.6) is 0 Å². The van der Waals surface area contributed by atoms with Gasteiger partial charge in [0.25, 0.3) is 0 Å². The molecule has 7 heteroatoms. The highest BCUT2D eigenvalue weighted by Gasteiger charge is 2.45. The van der Waals surface area contributed by atoms with E-state index in [1.165, 1.54) is 29.1 Å². The molecule has 2 aliphatic heterocycles. The van der Waals surface area contributed by atoms with Crippen LogP contribution in [0.4, 0.5) is 0 Å². The molecular formula is C14H12N2O4S. The summed E-state index contributed by atoms with van der Waals surface area (Å²) >= 11 is 1.43. The van der Waals surface area contributed by atoms with E-state index in [1.54, 1.807) is 12.1 Å². The number of fused-ring (bicyclic) bond motifs is 1. The number of aromatic nitrogens is 1. The summed E-state index contributed by atoms with van der Waals surface area (Å²) in [5.74, 6) is -1.81. The van der Waals surface area contributed by atoms with E-state index in [1.807, 2.05) is 0 Å². The molecule has 0 aromatic carbocycles. The molecule has 1 N–H and O–H groups in total. The highest BCUT2D eigenvalue weighted by atomic mass is 32.2. The second-order valence-electron chi connectivity index (χ2n) is 4.77. The Labute approximate surface area is 124 Å². The Kier molecular flexibility index (Phi) is 3.50. The van der Waals surface area contributed by atoms with Crippen molar-refractivity contribution in [2.45, 2.75) is 6.42 Å². The largest absolute Gasteiger partial charge is 0.481 e. The van der Waals surface area contributed by atoms with E-state index in [0.29, 0.717) is 22.7 Å². The third kappa shape index (κ3) is 2.33. The highest BCUT2D eigenvalue weighted by Crippen LogP contribution is 2.43. The van der Waals surface area contributed by atoms with Crippen molar-refractivity contribution in [3.05, 3.63) is 40.7 Å². The van der Waals surface area contributed by atoms with Crippen LogP contribution < -0.4 is 0 Å². The highest BCUT2D eigenvalue weighted by molar-refractivity contribution is 8.03. The minimum atomic E-state index is -1.08. The molecule has 0 saturated carbocycles. The van der Waals surface area contributed by atoms with Crippen molar-refractivity contribution in [1.82, 2.24) is 9.88 Å². The third-order valence-electron chi connectivity index (χ3n) is 3.51. The lowest BCUT2D eigenvalue weighted by Gasteiger charge is -2.12. The van der Waals surface area contributed by atoms with Gasteiger partial charge in [0.15, 0.2) is 5.78 Å². The van der Waals surface area contributed by atoms with Crippen LogP contribution in [-0.4, -0.2) is 44.9 Å². The molecule has 0 bridgehead atoms. The van der Waals surface area contributed by atoms with Crippen LogP contribution in [0.2, 0.25) is 0 Å². The number of rotatable bonds is 4. The minimum absolute atomic E-state index is 0.283. The first-order valence-corrected chi connectivity index (χ1v) is 7.43. The molecule has 0 radical (unpaired) electrons. The average Bonchev–Trinajstić information content (AvgIpc) is 3.03. The molecule has 0 spiro atoms. The number of nitrogens with zero attached hydrogens (tertiary/aromatic N) is 2. The number of aliphatic carboxylic acids is 1. The second kappa shape index (κ2) is 5.33. The van der Waals surface area contributed by atoms with Gasteiger partial charge in [0.1, 0.15) is 0 Å². The molecule has 1 unspecified atom stereocenters. The zero-order valence-corrected chi connectivity index (χ0v) is 11.8. The summed E-state index contributed by atoms with van der Waals surface area (Å²) < 4.78 is 0. The van der Waals surface area contributed by atoms with Gasteiger partial charge in [-0.15, -0.1) is 11.8 Å². The molecule has 6 nitrogen and oxygen atoms in total. The van der Waals surface area contributed by atoms with Crippen LogP contribution in [0, 0.1) is 5.92 Å². The molecule has 3 rings (SSSR count). The van der Waals surface area contributed by atoms with Crippen molar-refractivity contribution in [3.8, 4) is 0 Å². The Bertz CT molecular complexity index is 656. The van der Waals surface area contributed by atoms with E-state index in [2.05, 4.69) is 4.98 Å². The average molecular weight is 304 g/mol. The number of hydrogen-bond acceptors (Lipinski definition) is 5. The lowest BCUT2D eigenvalue weighted by molar-refractivity contribution is -0.141. The standard InChI is InChI=1S/C14H12N2O4S/c17-10(18)7-9-11(12(19)8-1-3-15-4-2-8)14-16(13(9)20)5-6-21-14/h1-4,9H,5-7H2,(H,17,18). The Morgan fingerprint density at radius 3 is 2.76 bits per heavy atom. The maximum Gasteiger partial charge on any atom is 0.304 e. The van der Waals surface area contributed by atoms with E-state index in [0.717, 1.165) is 5.75 Å². The summed E-state index contributed by atoms with van der Waals surface area (Å²) in [7, 11) is 0. The van der Waals surface area contributed by atoms with Crippen molar-refractivity contribution in [2.75, 3.05) is 12.3 Å². The van der Waals surface area contributed by atoms with Crippen LogP contribution in [0.15, 0.2) is 35.1 Å². The normalized spacial score (nSPS) is 20.9. The van der Waals surface area contributed by atoms with Crippen molar-refractivity contribution in [2.24, 2.45) is 5.92 Å². The van der Waals surface area contributed by atoms with Crippen LogP contribution in [0.25, 0.3) is 0 Å². The Morgan fingerprint density at radius 2 is 2.10 bits per heavy atom. The fraction of sp³-hybridized carbons (Fsp3) is 0.286. The van der Waals surface area contributed by atoms with Crippen LogP contribution >= 0.6 is 11.8 Å². The number of ketones is 1. The van der Waals surface area contributed by atoms with Gasteiger partial charge in [-0.2, -0.15) is 0 Å².